The molecule has 0 fully saturated rings. The van der Waals surface area contributed by atoms with Crippen LogP contribution in [0.5, 0.6) is 5.75 Å². The van der Waals surface area contributed by atoms with Gasteiger partial charge in [0.1, 0.15) is 18.1 Å². The zero-order chi connectivity index (χ0) is 16.9. The second-order valence-corrected chi connectivity index (χ2v) is 5.95. The first-order chi connectivity index (χ1) is 11.6. The maximum absolute atomic E-state index is 5.73. The fourth-order valence-corrected chi connectivity index (χ4v) is 2.47. The third-order valence-corrected chi connectivity index (χ3v) is 3.83. The number of rotatable bonds is 6. The number of nitrogens with zero attached hydrogens (tertiary/aromatic N) is 4. The number of benzene rings is 2. The lowest BCUT2D eigenvalue weighted by atomic mass is 10.1. The first kappa shape index (κ1) is 16.2. The predicted octanol–water partition coefficient (Wildman–Crippen LogP) is 3.18. The summed E-state index contributed by atoms with van der Waals surface area (Å²) >= 11 is 0. The van der Waals surface area contributed by atoms with Gasteiger partial charge in [-0.05, 0) is 45.3 Å². The molecule has 0 aliphatic carbocycles. The molecule has 0 amide bonds. The quantitative estimate of drug-likeness (QED) is 0.699. The van der Waals surface area contributed by atoms with E-state index in [0.717, 1.165) is 34.9 Å². The van der Waals surface area contributed by atoms with E-state index in [1.54, 1.807) is 0 Å². The van der Waals surface area contributed by atoms with Gasteiger partial charge in [-0.1, -0.05) is 35.5 Å². The van der Waals surface area contributed by atoms with Gasteiger partial charge in [0, 0.05) is 12.1 Å². The number of hydrogen-bond acceptors (Lipinski definition) is 4. The first-order valence-electron chi connectivity index (χ1n) is 8.01. The van der Waals surface area contributed by atoms with Gasteiger partial charge in [0.2, 0.25) is 0 Å². The molecule has 2 aromatic carbocycles. The third kappa shape index (κ3) is 3.63. The molecule has 1 aromatic heterocycles. The average Bonchev–Trinajstić information content (AvgIpc) is 2.97. The van der Waals surface area contributed by atoms with Gasteiger partial charge in [0.05, 0.1) is 11.4 Å². The first-order valence-corrected chi connectivity index (χ1v) is 8.01. The van der Waals surface area contributed by atoms with Crippen LogP contribution in [0.2, 0.25) is 0 Å². The van der Waals surface area contributed by atoms with Crippen LogP contribution in [0.3, 0.4) is 0 Å². The lowest BCUT2D eigenvalue weighted by molar-refractivity contribution is 0.261. The lowest BCUT2D eigenvalue weighted by Crippen LogP contribution is -2.19. The molecule has 0 atom stereocenters. The van der Waals surface area contributed by atoms with E-state index in [1.807, 2.05) is 80.3 Å². The highest BCUT2D eigenvalue weighted by molar-refractivity contribution is 5.61. The monoisotopic (exact) mass is 322 g/mol. The smallest absolute Gasteiger partial charge is 0.119 e. The van der Waals surface area contributed by atoms with E-state index in [4.69, 9.17) is 4.74 Å². The van der Waals surface area contributed by atoms with Crippen molar-refractivity contribution >= 4 is 0 Å². The van der Waals surface area contributed by atoms with Crippen LogP contribution >= 0.6 is 0 Å². The topological polar surface area (TPSA) is 43.2 Å². The standard InChI is InChI=1S/C19H22N4O/c1-15-19(16-7-5-4-6-8-16)20-21-23(15)17-9-11-18(12-10-17)24-14-13-22(2)3/h4-12H,13-14H2,1-3H3. The Labute approximate surface area is 142 Å². The van der Waals surface area contributed by atoms with Gasteiger partial charge in [-0.3, -0.25) is 0 Å². The van der Waals surface area contributed by atoms with Crippen molar-refractivity contribution in [1.82, 2.24) is 19.9 Å². The minimum absolute atomic E-state index is 0.673. The second-order valence-electron chi connectivity index (χ2n) is 5.95. The van der Waals surface area contributed by atoms with Gasteiger partial charge in [0.15, 0.2) is 0 Å². The van der Waals surface area contributed by atoms with Crippen LogP contribution in [0, 0.1) is 6.92 Å². The summed E-state index contributed by atoms with van der Waals surface area (Å²) < 4.78 is 7.58. The molecule has 124 valence electrons. The van der Waals surface area contributed by atoms with E-state index in [0.29, 0.717) is 6.61 Å². The van der Waals surface area contributed by atoms with E-state index in [2.05, 4.69) is 15.2 Å². The number of likely N-dealkylation sites (N-methyl/N-ethyl adjacent to an activating group) is 1. The molecule has 5 nitrogen and oxygen atoms in total. The Hall–Kier alpha value is -2.66. The number of aromatic nitrogens is 3. The Kier molecular flexibility index (Phi) is 4.91. The zero-order valence-corrected chi connectivity index (χ0v) is 14.3. The van der Waals surface area contributed by atoms with Crippen molar-refractivity contribution in [2.45, 2.75) is 6.92 Å². The summed E-state index contributed by atoms with van der Waals surface area (Å²) in [5, 5.41) is 8.63. The normalized spacial score (nSPS) is 11.0. The Morgan fingerprint density at radius 3 is 2.38 bits per heavy atom. The second kappa shape index (κ2) is 7.27. The largest absolute Gasteiger partial charge is 0.492 e. The van der Waals surface area contributed by atoms with E-state index >= 15 is 0 Å². The number of hydrogen-bond donors (Lipinski definition) is 0. The van der Waals surface area contributed by atoms with Crippen LogP contribution in [-0.2, 0) is 0 Å². The van der Waals surface area contributed by atoms with E-state index in [9.17, 15) is 0 Å². The zero-order valence-electron chi connectivity index (χ0n) is 14.3. The van der Waals surface area contributed by atoms with Crippen molar-refractivity contribution in [2.75, 3.05) is 27.2 Å². The molecule has 0 spiro atoms. The van der Waals surface area contributed by atoms with Crippen molar-refractivity contribution in [2.24, 2.45) is 0 Å². The molecule has 0 saturated heterocycles. The van der Waals surface area contributed by atoms with Crippen LogP contribution in [0.15, 0.2) is 54.6 Å². The lowest BCUT2D eigenvalue weighted by Gasteiger charge is -2.11. The van der Waals surface area contributed by atoms with E-state index in [-0.39, 0.29) is 0 Å². The molecule has 0 N–H and O–H groups in total. The summed E-state index contributed by atoms with van der Waals surface area (Å²) in [7, 11) is 4.06. The maximum atomic E-state index is 5.73. The molecule has 1 heterocycles. The highest BCUT2D eigenvalue weighted by Crippen LogP contribution is 2.23. The average molecular weight is 322 g/mol. The van der Waals surface area contributed by atoms with Crippen molar-refractivity contribution in [3.8, 4) is 22.7 Å². The third-order valence-electron chi connectivity index (χ3n) is 3.83. The van der Waals surface area contributed by atoms with Crippen LogP contribution in [-0.4, -0.2) is 47.1 Å². The van der Waals surface area contributed by atoms with Gasteiger partial charge in [0.25, 0.3) is 0 Å². The summed E-state index contributed by atoms with van der Waals surface area (Å²) in [6, 6.07) is 18.0. The van der Waals surface area contributed by atoms with Gasteiger partial charge in [-0.25, -0.2) is 4.68 Å². The molecule has 5 heteroatoms. The van der Waals surface area contributed by atoms with Crippen LogP contribution in [0.4, 0.5) is 0 Å². The maximum Gasteiger partial charge on any atom is 0.119 e. The van der Waals surface area contributed by atoms with Crippen LogP contribution in [0.25, 0.3) is 16.9 Å². The Bertz CT molecular complexity index is 779. The molecule has 0 bridgehead atoms. The predicted molar refractivity (Wildman–Crippen MR) is 95.6 cm³/mol. The van der Waals surface area contributed by atoms with Crippen LogP contribution < -0.4 is 4.74 Å². The van der Waals surface area contributed by atoms with Crippen molar-refractivity contribution in [3.63, 3.8) is 0 Å². The molecule has 3 aromatic rings. The van der Waals surface area contributed by atoms with Crippen molar-refractivity contribution in [3.05, 3.63) is 60.3 Å². The molecule has 3 rings (SSSR count). The van der Waals surface area contributed by atoms with Crippen molar-refractivity contribution < 1.29 is 4.74 Å². The molecule has 0 aliphatic rings. The minimum Gasteiger partial charge on any atom is -0.492 e. The molecule has 0 aliphatic heterocycles. The van der Waals surface area contributed by atoms with Gasteiger partial charge in [-0.2, -0.15) is 0 Å². The fourth-order valence-electron chi connectivity index (χ4n) is 2.47. The summed E-state index contributed by atoms with van der Waals surface area (Å²) in [5.74, 6) is 0.863. The summed E-state index contributed by atoms with van der Waals surface area (Å²) in [6.07, 6.45) is 0. The highest BCUT2D eigenvalue weighted by atomic mass is 16.5. The number of ether oxygens (including phenoxy) is 1. The Morgan fingerprint density at radius 1 is 1.00 bits per heavy atom. The van der Waals surface area contributed by atoms with Crippen LogP contribution in [0.1, 0.15) is 5.69 Å². The Balaban J connectivity index is 1.77. The SMILES string of the molecule is Cc1c(-c2ccccc2)nnn1-c1ccc(OCCN(C)C)cc1. The fraction of sp³-hybridized carbons (Fsp3) is 0.263. The Morgan fingerprint density at radius 2 is 1.71 bits per heavy atom. The van der Waals surface area contributed by atoms with Gasteiger partial charge < -0.3 is 9.64 Å². The minimum atomic E-state index is 0.673. The summed E-state index contributed by atoms with van der Waals surface area (Å²) in [4.78, 5) is 2.10. The van der Waals surface area contributed by atoms with Crippen molar-refractivity contribution in [1.29, 1.82) is 0 Å². The molecule has 0 radical (unpaired) electrons. The molecule has 24 heavy (non-hydrogen) atoms. The molecule has 0 unspecified atom stereocenters. The summed E-state index contributed by atoms with van der Waals surface area (Å²) in [6.45, 7) is 3.60. The van der Waals surface area contributed by atoms with E-state index < -0.39 is 0 Å². The van der Waals surface area contributed by atoms with Gasteiger partial charge in [-0.15, -0.1) is 5.10 Å². The molecule has 0 saturated carbocycles. The summed E-state index contributed by atoms with van der Waals surface area (Å²) in [5.41, 5.74) is 3.97. The van der Waals surface area contributed by atoms with E-state index in [1.165, 1.54) is 0 Å². The highest BCUT2D eigenvalue weighted by Gasteiger charge is 2.11. The molecular formula is C19H22N4O. The van der Waals surface area contributed by atoms with Gasteiger partial charge >= 0.3 is 0 Å². The molecular weight excluding hydrogens is 300 g/mol.